The lowest BCUT2D eigenvalue weighted by Crippen LogP contribution is -2.36. The third kappa shape index (κ3) is 5.42. The molecule has 0 unspecified atom stereocenters. The lowest BCUT2D eigenvalue weighted by Gasteiger charge is -2.17. The first kappa shape index (κ1) is 19.1. The van der Waals surface area contributed by atoms with Crippen molar-refractivity contribution in [1.82, 2.24) is 15.2 Å². The van der Waals surface area contributed by atoms with E-state index >= 15 is 0 Å². The van der Waals surface area contributed by atoms with Crippen molar-refractivity contribution in [3.05, 3.63) is 75.3 Å². The van der Waals surface area contributed by atoms with Crippen molar-refractivity contribution in [3.8, 4) is 11.6 Å². The van der Waals surface area contributed by atoms with Crippen LogP contribution in [0, 0.1) is 5.82 Å². The van der Waals surface area contributed by atoms with Crippen molar-refractivity contribution >= 4 is 29.0 Å². The Bertz CT molecular complexity index is 935. The van der Waals surface area contributed by atoms with Gasteiger partial charge >= 0.3 is 6.03 Å². The van der Waals surface area contributed by atoms with Crippen LogP contribution in [0.1, 0.15) is 10.4 Å². The number of rotatable bonds is 6. The quantitative estimate of drug-likeness (QED) is 0.623. The Morgan fingerprint density at radius 1 is 1.30 bits per heavy atom. The minimum absolute atomic E-state index is 0.229. The Morgan fingerprint density at radius 3 is 2.89 bits per heavy atom. The Labute approximate surface area is 165 Å². The largest absolute Gasteiger partial charge is 0.439 e. The molecule has 2 heterocycles. The molecule has 27 heavy (non-hydrogen) atoms. The van der Waals surface area contributed by atoms with Crippen molar-refractivity contribution in [1.29, 1.82) is 0 Å². The first-order valence-electron chi connectivity index (χ1n) is 8.12. The zero-order chi connectivity index (χ0) is 19.2. The van der Waals surface area contributed by atoms with Gasteiger partial charge in [0.25, 0.3) is 0 Å². The summed E-state index contributed by atoms with van der Waals surface area (Å²) < 4.78 is 19.7. The Kier molecular flexibility index (Phi) is 6.26. The van der Waals surface area contributed by atoms with Crippen molar-refractivity contribution < 1.29 is 13.9 Å². The van der Waals surface area contributed by atoms with Crippen molar-refractivity contribution in [3.63, 3.8) is 0 Å². The summed E-state index contributed by atoms with van der Waals surface area (Å²) in [6.07, 6.45) is 1.58. The van der Waals surface area contributed by atoms with Gasteiger partial charge in [-0.3, -0.25) is 0 Å². The van der Waals surface area contributed by atoms with Crippen LogP contribution >= 0.6 is 22.9 Å². The van der Waals surface area contributed by atoms with Gasteiger partial charge in [-0.25, -0.2) is 14.2 Å². The van der Waals surface area contributed by atoms with Gasteiger partial charge in [0.1, 0.15) is 11.6 Å². The average molecular weight is 406 g/mol. The third-order valence-corrected chi connectivity index (χ3v) is 4.88. The minimum Gasteiger partial charge on any atom is -0.439 e. The van der Waals surface area contributed by atoms with E-state index in [9.17, 15) is 9.18 Å². The average Bonchev–Trinajstić information content (AvgIpc) is 3.05. The number of nitrogens with zero attached hydrogens (tertiary/aromatic N) is 2. The van der Waals surface area contributed by atoms with E-state index in [1.165, 1.54) is 23.5 Å². The van der Waals surface area contributed by atoms with Crippen LogP contribution in [-0.4, -0.2) is 23.0 Å². The number of nitrogens with one attached hydrogen (secondary N) is 1. The Hall–Kier alpha value is -2.64. The number of urea groups is 1. The molecule has 2 amide bonds. The molecule has 0 aliphatic carbocycles. The molecule has 3 rings (SSSR count). The van der Waals surface area contributed by atoms with Gasteiger partial charge < -0.3 is 15.0 Å². The highest BCUT2D eigenvalue weighted by molar-refractivity contribution is 7.16. The van der Waals surface area contributed by atoms with E-state index < -0.39 is 5.82 Å². The summed E-state index contributed by atoms with van der Waals surface area (Å²) in [5.74, 6) is 0.262. The maximum Gasteiger partial charge on any atom is 0.317 e. The molecular formula is C19H17ClFN3O2S. The molecule has 140 valence electrons. The molecule has 0 saturated carbocycles. The van der Waals surface area contributed by atoms with Crippen LogP contribution in [0.5, 0.6) is 11.6 Å². The fourth-order valence-electron chi connectivity index (χ4n) is 2.34. The van der Waals surface area contributed by atoms with E-state index in [-0.39, 0.29) is 12.6 Å². The SMILES string of the molecule is CN(Cc1ccc(Cl)s1)C(=O)NCc1cccnc1Oc1cccc(F)c1. The summed E-state index contributed by atoms with van der Waals surface area (Å²) in [6.45, 7) is 0.690. The second-order valence-corrected chi connectivity index (χ2v) is 7.55. The van der Waals surface area contributed by atoms with Gasteiger partial charge in [0, 0.05) is 36.3 Å². The second-order valence-electron chi connectivity index (χ2n) is 5.75. The molecule has 0 aliphatic heterocycles. The third-order valence-electron chi connectivity index (χ3n) is 3.66. The molecule has 2 aromatic heterocycles. The molecule has 0 spiro atoms. The molecule has 5 nitrogen and oxygen atoms in total. The number of aromatic nitrogens is 1. The van der Waals surface area contributed by atoms with Crippen LogP contribution in [0.3, 0.4) is 0 Å². The predicted molar refractivity (Wildman–Crippen MR) is 104 cm³/mol. The highest BCUT2D eigenvalue weighted by Crippen LogP contribution is 2.24. The zero-order valence-electron chi connectivity index (χ0n) is 14.5. The summed E-state index contributed by atoms with van der Waals surface area (Å²) in [4.78, 5) is 19.0. The number of thiophene rings is 1. The standard InChI is InChI=1S/C19H17ClFN3O2S/c1-24(12-16-7-8-17(20)27-16)19(25)23-11-13-4-3-9-22-18(13)26-15-6-2-5-14(21)10-15/h2-10H,11-12H2,1H3,(H,23,25). The number of carbonyl (C=O) groups excluding carboxylic acids is 1. The van der Waals surface area contributed by atoms with E-state index in [1.54, 1.807) is 48.5 Å². The van der Waals surface area contributed by atoms with E-state index in [2.05, 4.69) is 10.3 Å². The molecule has 0 radical (unpaired) electrons. The summed E-state index contributed by atoms with van der Waals surface area (Å²) in [6, 6.07) is 12.8. The van der Waals surface area contributed by atoms with Gasteiger partial charge in [0.15, 0.2) is 0 Å². The summed E-state index contributed by atoms with van der Waals surface area (Å²) in [5, 5.41) is 2.83. The molecule has 3 aromatic rings. The Morgan fingerprint density at radius 2 is 2.15 bits per heavy atom. The molecule has 0 saturated heterocycles. The second kappa shape index (κ2) is 8.83. The summed E-state index contributed by atoms with van der Waals surface area (Å²) in [7, 11) is 1.70. The van der Waals surface area contributed by atoms with Crippen molar-refractivity contribution in [2.45, 2.75) is 13.1 Å². The monoisotopic (exact) mass is 405 g/mol. The number of ether oxygens (including phenoxy) is 1. The topological polar surface area (TPSA) is 54.5 Å². The number of hydrogen-bond donors (Lipinski definition) is 1. The maximum atomic E-state index is 13.3. The van der Waals surface area contributed by atoms with E-state index in [0.29, 0.717) is 28.1 Å². The van der Waals surface area contributed by atoms with Crippen molar-refractivity contribution in [2.75, 3.05) is 7.05 Å². The normalized spacial score (nSPS) is 10.5. The fraction of sp³-hybridized carbons (Fsp3) is 0.158. The van der Waals surface area contributed by atoms with Crippen LogP contribution in [0.2, 0.25) is 4.34 Å². The molecule has 1 N–H and O–H groups in total. The van der Waals surface area contributed by atoms with Gasteiger partial charge in [-0.1, -0.05) is 23.7 Å². The number of carbonyl (C=O) groups is 1. The van der Waals surface area contributed by atoms with Gasteiger partial charge in [-0.05, 0) is 30.3 Å². The fourth-order valence-corrected chi connectivity index (χ4v) is 3.48. The van der Waals surface area contributed by atoms with Crippen LogP contribution in [0.4, 0.5) is 9.18 Å². The van der Waals surface area contributed by atoms with E-state index in [4.69, 9.17) is 16.3 Å². The predicted octanol–water partition coefficient (Wildman–Crippen LogP) is 5.07. The van der Waals surface area contributed by atoms with Gasteiger partial charge in [0.2, 0.25) is 5.88 Å². The van der Waals surface area contributed by atoms with Crippen molar-refractivity contribution in [2.24, 2.45) is 0 Å². The van der Waals surface area contributed by atoms with Gasteiger partial charge in [0.05, 0.1) is 10.9 Å². The highest BCUT2D eigenvalue weighted by atomic mass is 35.5. The lowest BCUT2D eigenvalue weighted by molar-refractivity contribution is 0.206. The van der Waals surface area contributed by atoms with Gasteiger partial charge in [-0.2, -0.15) is 0 Å². The minimum atomic E-state index is -0.395. The molecule has 0 bridgehead atoms. The first-order chi connectivity index (χ1) is 13.0. The zero-order valence-corrected chi connectivity index (χ0v) is 16.1. The van der Waals surface area contributed by atoms with Crippen LogP contribution in [0.25, 0.3) is 0 Å². The van der Waals surface area contributed by atoms with Crippen LogP contribution in [0.15, 0.2) is 54.7 Å². The number of hydrogen-bond acceptors (Lipinski definition) is 4. The number of benzene rings is 1. The molecule has 0 aliphatic rings. The maximum absolute atomic E-state index is 13.3. The summed E-state index contributed by atoms with van der Waals surface area (Å²) in [5.41, 5.74) is 0.683. The van der Waals surface area contributed by atoms with E-state index in [1.807, 2.05) is 6.07 Å². The Balaban J connectivity index is 1.61. The first-order valence-corrected chi connectivity index (χ1v) is 9.31. The van der Waals surface area contributed by atoms with Gasteiger partial charge in [-0.15, -0.1) is 11.3 Å². The van der Waals surface area contributed by atoms with E-state index in [0.717, 1.165) is 4.88 Å². The molecule has 8 heteroatoms. The number of halogens is 2. The smallest absolute Gasteiger partial charge is 0.317 e. The number of pyridine rings is 1. The van der Waals surface area contributed by atoms with Crippen LogP contribution in [-0.2, 0) is 13.1 Å². The molecular weight excluding hydrogens is 389 g/mol. The molecule has 0 atom stereocenters. The van der Waals surface area contributed by atoms with Crippen LogP contribution < -0.4 is 10.1 Å². The number of amides is 2. The molecule has 0 fully saturated rings. The molecule has 1 aromatic carbocycles. The lowest BCUT2D eigenvalue weighted by atomic mass is 10.2. The summed E-state index contributed by atoms with van der Waals surface area (Å²) >= 11 is 7.35. The highest BCUT2D eigenvalue weighted by Gasteiger charge is 2.12.